The number of aliphatic hydroxyl groups is 1. The van der Waals surface area contributed by atoms with Crippen LogP contribution in [0.25, 0.3) is 0 Å². The number of rotatable bonds is 6. The quantitative estimate of drug-likeness (QED) is 0.699. The highest BCUT2D eigenvalue weighted by molar-refractivity contribution is 5.73. The molecule has 144 valence electrons. The highest BCUT2D eigenvalue weighted by Gasteiger charge is 2.52. The third-order valence-corrected chi connectivity index (χ3v) is 6.25. The highest BCUT2D eigenvalue weighted by Crippen LogP contribution is 2.46. The number of piperidine rings is 1. The first-order valence-corrected chi connectivity index (χ1v) is 9.55. The van der Waals surface area contributed by atoms with Crippen LogP contribution in [-0.4, -0.2) is 43.9 Å². The number of methoxy groups -OCH3 is 2. The first-order valence-electron chi connectivity index (χ1n) is 9.55. The molecule has 1 aromatic carbocycles. The number of hydrogen-bond acceptors (Lipinski definition) is 4. The molecular weight excluding hydrogens is 332 g/mol. The van der Waals surface area contributed by atoms with Crippen molar-refractivity contribution < 1.29 is 24.3 Å². The molecule has 0 aromatic heterocycles. The summed E-state index contributed by atoms with van der Waals surface area (Å²) >= 11 is 0. The van der Waals surface area contributed by atoms with Crippen LogP contribution in [0.2, 0.25) is 0 Å². The Morgan fingerprint density at radius 2 is 2.12 bits per heavy atom. The van der Waals surface area contributed by atoms with E-state index in [0.29, 0.717) is 13.0 Å². The van der Waals surface area contributed by atoms with Crippen molar-refractivity contribution in [2.24, 2.45) is 11.7 Å². The monoisotopic (exact) mass is 363 g/mol. The molecule has 4 atom stereocenters. The molecule has 1 saturated heterocycles. The zero-order valence-electron chi connectivity index (χ0n) is 15.8. The van der Waals surface area contributed by atoms with E-state index in [0.717, 1.165) is 55.7 Å². The summed E-state index contributed by atoms with van der Waals surface area (Å²) in [5.74, 6) is 1.45. The van der Waals surface area contributed by atoms with Gasteiger partial charge in [0.25, 0.3) is 0 Å². The fraction of sp³-hybridized carbons (Fsp3) is 0.650. The number of amides is 1. The van der Waals surface area contributed by atoms with Gasteiger partial charge in [-0.1, -0.05) is 12.8 Å². The van der Waals surface area contributed by atoms with Crippen molar-refractivity contribution in [2.75, 3.05) is 27.3 Å². The summed E-state index contributed by atoms with van der Waals surface area (Å²) < 4.78 is 11.1. The van der Waals surface area contributed by atoms with E-state index in [-0.39, 0.29) is 17.9 Å². The number of nitrogens with two attached hydrogens (primary N) is 1. The largest absolute Gasteiger partial charge is 0.497 e. The molecule has 26 heavy (non-hydrogen) atoms. The predicted octanol–water partition coefficient (Wildman–Crippen LogP) is 0.830. The number of quaternary nitrogens is 1. The van der Waals surface area contributed by atoms with Gasteiger partial charge in [0.2, 0.25) is 5.91 Å². The van der Waals surface area contributed by atoms with Gasteiger partial charge in [0.15, 0.2) is 0 Å². The lowest BCUT2D eigenvalue weighted by Gasteiger charge is -2.50. The molecule has 1 amide bonds. The molecule has 0 radical (unpaired) electrons. The topological polar surface area (TPSA) is 86.2 Å². The first kappa shape index (κ1) is 19.0. The second kappa shape index (κ2) is 7.84. The lowest BCUT2D eigenvalue weighted by molar-refractivity contribution is -0.944. The minimum absolute atomic E-state index is 0.0680. The van der Waals surface area contributed by atoms with Crippen LogP contribution in [0.15, 0.2) is 18.2 Å². The number of likely N-dealkylation sites (tertiary alicyclic amines) is 1. The summed E-state index contributed by atoms with van der Waals surface area (Å²) in [5, 5.41) is 11.3. The lowest BCUT2D eigenvalue weighted by Crippen LogP contribution is -3.15. The van der Waals surface area contributed by atoms with Crippen molar-refractivity contribution in [3.05, 3.63) is 23.8 Å². The number of fused-ring (bicyclic) bond motifs is 1. The van der Waals surface area contributed by atoms with Crippen LogP contribution in [0.1, 0.15) is 50.1 Å². The Balaban J connectivity index is 2.02. The summed E-state index contributed by atoms with van der Waals surface area (Å²) in [5.41, 5.74) is 5.83. The van der Waals surface area contributed by atoms with Crippen molar-refractivity contribution in [1.29, 1.82) is 0 Å². The Labute approximate surface area is 155 Å². The Hall–Kier alpha value is -1.79. The SMILES string of the molecule is COc1ccc(OC)c([C@@H]2[C@@H]3CCCC[C@@]3(O)CC[NH+]2CCC(N)=O)c1. The standard InChI is InChI=1S/C20H30N2O4/c1-25-14-6-7-17(26-2)15(13-14)19-16-5-3-4-9-20(16,24)10-12-22(19)11-8-18(21)23/h6-7,13,16,19,24H,3-5,8-12H2,1-2H3,(H2,21,23)/p+1/t16-,19+,20+/m0/s1. The molecule has 0 bridgehead atoms. The maximum absolute atomic E-state index is 11.4. The van der Waals surface area contributed by atoms with Gasteiger partial charge in [-0.3, -0.25) is 4.79 Å². The average Bonchev–Trinajstić information content (AvgIpc) is 2.65. The Morgan fingerprint density at radius 3 is 2.81 bits per heavy atom. The average molecular weight is 363 g/mol. The third kappa shape index (κ3) is 3.67. The second-order valence-corrected chi connectivity index (χ2v) is 7.67. The number of carbonyl (C=O) groups excluding carboxylic acids is 1. The van der Waals surface area contributed by atoms with E-state index < -0.39 is 5.60 Å². The van der Waals surface area contributed by atoms with Crippen molar-refractivity contribution >= 4 is 5.91 Å². The van der Waals surface area contributed by atoms with E-state index in [1.165, 1.54) is 4.90 Å². The molecule has 1 aliphatic heterocycles. The zero-order chi connectivity index (χ0) is 18.7. The van der Waals surface area contributed by atoms with Crippen molar-refractivity contribution in [3.8, 4) is 11.5 Å². The molecule has 1 heterocycles. The van der Waals surface area contributed by atoms with Gasteiger partial charge in [-0.2, -0.15) is 0 Å². The molecule has 4 N–H and O–H groups in total. The van der Waals surface area contributed by atoms with Crippen LogP contribution in [0.5, 0.6) is 11.5 Å². The van der Waals surface area contributed by atoms with Crippen LogP contribution < -0.4 is 20.1 Å². The van der Waals surface area contributed by atoms with Gasteiger partial charge in [0.05, 0.1) is 44.9 Å². The van der Waals surface area contributed by atoms with Gasteiger partial charge < -0.3 is 25.2 Å². The predicted molar refractivity (Wildman–Crippen MR) is 98.3 cm³/mol. The van der Waals surface area contributed by atoms with E-state index in [4.69, 9.17) is 15.2 Å². The third-order valence-electron chi connectivity index (χ3n) is 6.25. The summed E-state index contributed by atoms with van der Waals surface area (Å²) in [6, 6.07) is 5.91. The number of hydrogen-bond donors (Lipinski definition) is 3. The van der Waals surface area contributed by atoms with E-state index in [1.54, 1.807) is 14.2 Å². The summed E-state index contributed by atoms with van der Waals surface area (Å²) in [6.45, 7) is 1.50. The Bertz CT molecular complexity index is 651. The fourth-order valence-electron chi connectivity index (χ4n) is 4.94. The van der Waals surface area contributed by atoms with Crippen molar-refractivity contribution in [3.63, 3.8) is 0 Å². The molecule has 1 aromatic rings. The molecule has 2 fully saturated rings. The number of benzene rings is 1. The molecule has 6 heteroatoms. The van der Waals surface area contributed by atoms with Crippen LogP contribution in [0.3, 0.4) is 0 Å². The van der Waals surface area contributed by atoms with Crippen LogP contribution in [0.4, 0.5) is 0 Å². The van der Waals surface area contributed by atoms with Crippen molar-refractivity contribution in [2.45, 2.75) is 50.2 Å². The summed E-state index contributed by atoms with van der Waals surface area (Å²) in [7, 11) is 3.32. The van der Waals surface area contributed by atoms with E-state index in [1.807, 2.05) is 18.2 Å². The van der Waals surface area contributed by atoms with E-state index in [9.17, 15) is 9.90 Å². The zero-order valence-corrected chi connectivity index (χ0v) is 15.8. The Morgan fingerprint density at radius 1 is 1.31 bits per heavy atom. The van der Waals surface area contributed by atoms with Crippen LogP contribution in [0, 0.1) is 5.92 Å². The fourth-order valence-corrected chi connectivity index (χ4v) is 4.94. The lowest BCUT2D eigenvalue weighted by atomic mass is 9.66. The van der Waals surface area contributed by atoms with Crippen LogP contribution in [-0.2, 0) is 4.79 Å². The van der Waals surface area contributed by atoms with Crippen LogP contribution >= 0.6 is 0 Å². The molecule has 6 nitrogen and oxygen atoms in total. The van der Waals surface area contributed by atoms with Gasteiger partial charge >= 0.3 is 0 Å². The Kier molecular flexibility index (Phi) is 5.73. The van der Waals surface area contributed by atoms with Gasteiger partial charge in [0.1, 0.15) is 17.5 Å². The molecular formula is C20H31N2O4+. The first-order chi connectivity index (χ1) is 12.5. The molecule has 1 saturated carbocycles. The molecule has 2 aliphatic rings. The summed E-state index contributed by atoms with van der Waals surface area (Å²) in [6.07, 6.45) is 5.16. The van der Waals surface area contributed by atoms with Gasteiger partial charge in [-0.25, -0.2) is 0 Å². The number of carbonyl (C=O) groups is 1. The molecule has 3 rings (SSSR count). The maximum atomic E-state index is 11.4. The highest BCUT2D eigenvalue weighted by atomic mass is 16.5. The minimum Gasteiger partial charge on any atom is -0.497 e. The molecule has 1 unspecified atom stereocenters. The van der Waals surface area contributed by atoms with Gasteiger partial charge in [-0.05, 0) is 31.0 Å². The minimum atomic E-state index is -0.632. The molecule has 1 aliphatic carbocycles. The van der Waals surface area contributed by atoms with Crippen molar-refractivity contribution in [1.82, 2.24) is 0 Å². The number of nitrogens with one attached hydrogen (secondary N) is 1. The van der Waals surface area contributed by atoms with E-state index in [2.05, 4.69) is 0 Å². The summed E-state index contributed by atoms with van der Waals surface area (Å²) in [4.78, 5) is 12.7. The second-order valence-electron chi connectivity index (χ2n) is 7.67. The molecule has 0 spiro atoms. The van der Waals surface area contributed by atoms with Gasteiger partial charge in [0, 0.05) is 12.3 Å². The smallest absolute Gasteiger partial charge is 0.223 e. The van der Waals surface area contributed by atoms with E-state index >= 15 is 0 Å². The maximum Gasteiger partial charge on any atom is 0.223 e. The van der Waals surface area contributed by atoms with Gasteiger partial charge in [-0.15, -0.1) is 0 Å². The normalized spacial score (nSPS) is 31.1. The number of primary amides is 1. The number of ether oxygens (including phenoxy) is 2.